The summed E-state index contributed by atoms with van der Waals surface area (Å²) in [5.41, 5.74) is 14.2. The van der Waals surface area contributed by atoms with Gasteiger partial charge < -0.3 is 14.5 Å². The van der Waals surface area contributed by atoms with Crippen LogP contribution in [0.15, 0.2) is 84.0 Å². The summed E-state index contributed by atoms with van der Waals surface area (Å²) in [6.45, 7) is 9.69. The van der Waals surface area contributed by atoms with Crippen LogP contribution in [0, 0.1) is 0 Å². The lowest BCUT2D eigenvalue weighted by Gasteiger charge is -2.24. The minimum absolute atomic E-state index is 0.00546. The topological polar surface area (TPSA) is 111 Å². The molecule has 2 heterocycles. The van der Waals surface area contributed by atoms with Gasteiger partial charge in [-0.05, 0) is 76.2 Å². The van der Waals surface area contributed by atoms with Gasteiger partial charge in [-0.15, -0.1) is 10.6 Å². The number of carbonyl (C=O) groups excluding carboxylic acids is 1. The zero-order valence-electron chi connectivity index (χ0n) is 27.5. The van der Waals surface area contributed by atoms with E-state index in [2.05, 4.69) is 41.8 Å². The molecule has 2 aliphatic rings. The molecule has 47 heavy (non-hydrogen) atoms. The van der Waals surface area contributed by atoms with E-state index >= 15 is 0 Å². The van der Waals surface area contributed by atoms with E-state index in [-0.39, 0.29) is 30.3 Å². The number of hydrazone groups is 1. The highest BCUT2D eigenvalue weighted by Gasteiger charge is 2.25. The van der Waals surface area contributed by atoms with Gasteiger partial charge in [-0.2, -0.15) is 17.6 Å². The van der Waals surface area contributed by atoms with E-state index in [1.54, 1.807) is 36.4 Å². The van der Waals surface area contributed by atoms with Crippen LogP contribution in [0.1, 0.15) is 69.4 Å². The smallest absolute Gasteiger partial charge is 0.408 e. The molecule has 0 aliphatic carbocycles. The van der Waals surface area contributed by atoms with E-state index in [1.165, 1.54) is 21.4 Å². The van der Waals surface area contributed by atoms with Gasteiger partial charge in [-0.1, -0.05) is 71.1 Å². The standard InChI is InChI=1S/C22H24F2N7O2P.C6H10F2O.2C2H6/c1-2-4-17-12-19(15-7-9-18(10-8-15)33-22(23,24)34)31(28-17)13-14-5-3-6-16(11-14)20(32)25-21-26-29-30-27-21;1-2-3-4-5-9-6(7)8;2*1-2/h2-12,17,28-30H,13,34H2,1H3,(H2,25,26,27,32);3-4,6H,2,5H2,1H3;2*1-2H3/b4-2+;4-3-;;. The molecule has 0 saturated carbocycles. The molecule has 2 aliphatic heterocycles. The number of hydrogen-bond acceptors (Lipinski definition) is 9. The Labute approximate surface area is 276 Å². The molecule has 0 bridgehead atoms. The minimum atomic E-state index is -3.33. The van der Waals surface area contributed by atoms with Crippen LogP contribution < -0.4 is 32.0 Å². The van der Waals surface area contributed by atoms with E-state index in [0.29, 0.717) is 12.1 Å². The number of rotatable bonds is 11. The van der Waals surface area contributed by atoms with Crippen LogP contribution in [0.5, 0.6) is 5.75 Å². The molecule has 2 aromatic carbocycles. The van der Waals surface area contributed by atoms with Gasteiger partial charge in [0.15, 0.2) is 0 Å². The highest BCUT2D eigenvalue weighted by Crippen LogP contribution is 2.30. The van der Waals surface area contributed by atoms with Crippen molar-refractivity contribution in [1.29, 1.82) is 0 Å². The second-order valence-corrected chi connectivity index (χ2v) is 9.63. The number of nitrogens with zero attached hydrogens (tertiary/aromatic N) is 2. The van der Waals surface area contributed by atoms with Gasteiger partial charge >= 0.3 is 12.5 Å². The van der Waals surface area contributed by atoms with E-state index in [1.807, 2.05) is 76.9 Å². The molecule has 1 amide bonds. The van der Waals surface area contributed by atoms with Crippen molar-refractivity contribution in [3.63, 3.8) is 0 Å². The number of allylic oxidation sites excluding steroid dienone is 2. The van der Waals surface area contributed by atoms with Gasteiger partial charge in [0.05, 0.1) is 24.9 Å². The van der Waals surface area contributed by atoms with Crippen LogP contribution in [0.4, 0.5) is 17.6 Å². The van der Waals surface area contributed by atoms with E-state index in [9.17, 15) is 22.4 Å². The Balaban J connectivity index is 0.000000729. The van der Waals surface area contributed by atoms with Crippen molar-refractivity contribution >= 4 is 26.8 Å². The maximum atomic E-state index is 13.1. The molecule has 0 aromatic heterocycles. The van der Waals surface area contributed by atoms with Gasteiger partial charge in [0, 0.05) is 5.56 Å². The molecule has 2 aromatic rings. The fourth-order valence-electron chi connectivity index (χ4n) is 3.88. The highest BCUT2D eigenvalue weighted by molar-refractivity contribution is 7.17. The monoisotopic (exact) mass is 683 g/mol. The molecule has 0 fully saturated rings. The molecule has 0 spiro atoms. The van der Waals surface area contributed by atoms with Crippen molar-refractivity contribution in [2.24, 2.45) is 5.10 Å². The molecule has 0 radical (unpaired) electrons. The predicted octanol–water partition coefficient (Wildman–Crippen LogP) is 6.65. The fourth-order valence-corrected chi connectivity index (χ4v) is 4.02. The predicted molar refractivity (Wildman–Crippen MR) is 182 cm³/mol. The van der Waals surface area contributed by atoms with Crippen molar-refractivity contribution in [2.75, 3.05) is 6.61 Å². The Morgan fingerprint density at radius 2 is 1.83 bits per heavy atom. The number of hydrazine groups is 3. The Bertz CT molecular complexity index is 1320. The molecule has 5 N–H and O–H groups in total. The highest BCUT2D eigenvalue weighted by atomic mass is 31.0. The molecular weight excluding hydrogens is 637 g/mol. The molecule has 0 saturated heterocycles. The minimum Gasteiger partial charge on any atom is -0.430 e. The number of guanidine groups is 1. The first-order valence-corrected chi connectivity index (χ1v) is 15.8. The van der Waals surface area contributed by atoms with Crippen molar-refractivity contribution in [3.8, 4) is 5.75 Å². The number of carbonyl (C=O) groups is 1. The van der Waals surface area contributed by atoms with Crippen LogP contribution in [-0.2, 0) is 11.3 Å². The Hall–Kier alpha value is -3.97. The van der Waals surface area contributed by atoms with Gasteiger partial charge in [0.1, 0.15) is 5.75 Å². The number of benzene rings is 2. The third-order valence-electron chi connectivity index (χ3n) is 5.62. The first kappa shape index (κ1) is 41.1. The van der Waals surface area contributed by atoms with E-state index in [0.717, 1.165) is 23.2 Å². The molecule has 2 unspecified atom stereocenters. The van der Waals surface area contributed by atoms with E-state index in [4.69, 9.17) is 0 Å². The van der Waals surface area contributed by atoms with Gasteiger partial charge in [0.25, 0.3) is 5.91 Å². The third-order valence-corrected chi connectivity index (χ3v) is 5.74. The second-order valence-electron chi connectivity index (χ2n) is 8.96. The summed E-state index contributed by atoms with van der Waals surface area (Å²) < 4.78 is 57.2. The normalized spacial score (nSPS) is 15.3. The second kappa shape index (κ2) is 22.5. The average molecular weight is 684 g/mol. The largest absolute Gasteiger partial charge is 0.430 e. The van der Waals surface area contributed by atoms with Crippen LogP contribution in [0.2, 0.25) is 0 Å². The zero-order chi connectivity index (χ0) is 35.2. The first-order valence-electron chi connectivity index (χ1n) is 15.2. The number of alkyl halides is 4. The van der Waals surface area contributed by atoms with Crippen LogP contribution in [0.3, 0.4) is 0 Å². The molecule has 15 heteroatoms. The lowest BCUT2D eigenvalue weighted by atomic mass is 10.1. The number of hydrogen-bond donors (Lipinski definition) is 5. The van der Waals surface area contributed by atoms with Crippen molar-refractivity contribution < 1.29 is 31.8 Å². The molecule has 10 nitrogen and oxygen atoms in total. The van der Waals surface area contributed by atoms with Crippen LogP contribution in [0.25, 0.3) is 5.70 Å². The number of halogens is 4. The molecule has 4 rings (SSSR count). The molecule has 260 valence electrons. The number of nitrogens with one attached hydrogen (secondary N) is 5. The van der Waals surface area contributed by atoms with Crippen molar-refractivity contribution in [3.05, 3.63) is 95.6 Å². The maximum absolute atomic E-state index is 13.1. The van der Waals surface area contributed by atoms with Crippen molar-refractivity contribution in [2.45, 2.75) is 73.0 Å². The van der Waals surface area contributed by atoms with E-state index < -0.39 is 12.5 Å². The Morgan fingerprint density at radius 1 is 1.13 bits per heavy atom. The first-order chi connectivity index (χ1) is 22.6. The summed E-state index contributed by atoms with van der Waals surface area (Å²) in [6.07, 6.45) is 10.2. The SMILES string of the molecule is C/C=C/C1C=C(c2ccc(OC(F)(F)P)cc2)N(Cc2cccc(C(=O)NC3=NNNN3)c2)N1.CC.CC.CC/C=C\COC(F)F. The summed E-state index contributed by atoms with van der Waals surface area (Å²) in [5.74, 6) is -3.30. The van der Waals surface area contributed by atoms with Crippen molar-refractivity contribution in [1.82, 2.24) is 32.2 Å². The molecular formula is C32H46F4N7O3P. The third kappa shape index (κ3) is 15.9. The summed E-state index contributed by atoms with van der Waals surface area (Å²) in [4.78, 5) is 12.5. The Morgan fingerprint density at radius 3 is 2.40 bits per heavy atom. The number of amides is 1. The van der Waals surface area contributed by atoms with Crippen LogP contribution >= 0.6 is 9.24 Å². The Kier molecular flexibility index (Phi) is 19.7. The van der Waals surface area contributed by atoms with Crippen LogP contribution in [-0.4, -0.2) is 42.0 Å². The maximum Gasteiger partial charge on any atom is 0.408 e. The lowest BCUT2D eigenvalue weighted by molar-refractivity contribution is -0.119. The summed E-state index contributed by atoms with van der Waals surface area (Å²) in [7, 11) is 1.36. The number of ether oxygens (including phenoxy) is 2. The van der Waals surface area contributed by atoms with Gasteiger partial charge in [-0.3, -0.25) is 15.5 Å². The van der Waals surface area contributed by atoms with Gasteiger partial charge in [-0.25, -0.2) is 11.0 Å². The quantitative estimate of drug-likeness (QED) is 0.102. The summed E-state index contributed by atoms with van der Waals surface area (Å²) >= 11 is 0. The zero-order valence-corrected chi connectivity index (χ0v) is 28.6. The molecule has 2 atom stereocenters. The average Bonchev–Trinajstić information content (AvgIpc) is 3.71. The lowest BCUT2D eigenvalue weighted by Crippen LogP contribution is -2.43. The summed E-state index contributed by atoms with van der Waals surface area (Å²) in [5, 5.41) is 8.44. The van der Waals surface area contributed by atoms with Gasteiger partial charge in [0.2, 0.25) is 5.96 Å². The fraction of sp³-hybridized carbons (Fsp3) is 0.375. The summed E-state index contributed by atoms with van der Waals surface area (Å²) in [6, 6.07) is 13.7.